The van der Waals surface area contributed by atoms with Crippen molar-refractivity contribution >= 4 is 20.8 Å². The van der Waals surface area contributed by atoms with Crippen LogP contribution in [0.5, 0.6) is 0 Å². The minimum atomic E-state index is -6.23. The Labute approximate surface area is 131 Å². The lowest BCUT2D eigenvalue weighted by atomic mass is 9.78. The number of hydrogen-bond acceptors (Lipinski definition) is 1. The molecule has 0 atom stereocenters. The lowest BCUT2D eigenvalue weighted by Gasteiger charge is -2.36. The van der Waals surface area contributed by atoms with E-state index in [0.29, 0.717) is 0 Å². The van der Waals surface area contributed by atoms with Crippen LogP contribution in [0.3, 0.4) is 0 Å². The molecule has 0 unspecified atom stereocenters. The topological polar surface area (TPSA) is 9.23 Å². The minimum absolute atomic E-state index is 0.355. The standard InChI is InChI=1S/C13H17BF7OSi/c1-13(2,3)23(4,5)22-6-7-9(15)11(17)8(14(19,20)21)12(18)10(7)16/h6H2,1-5H3/q-1. The highest BCUT2D eigenvalue weighted by atomic mass is 28.4. The fraction of sp³-hybridized carbons (Fsp3) is 0.538. The maximum Gasteiger partial charge on any atom is 0.515 e. The van der Waals surface area contributed by atoms with Crippen LogP contribution in [-0.4, -0.2) is 15.3 Å². The van der Waals surface area contributed by atoms with Crippen molar-refractivity contribution in [1.82, 2.24) is 0 Å². The third-order valence-electron chi connectivity index (χ3n) is 4.10. The third kappa shape index (κ3) is 3.90. The summed E-state index contributed by atoms with van der Waals surface area (Å²) in [5, 5.41) is -0.355. The van der Waals surface area contributed by atoms with Gasteiger partial charge < -0.3 is 17.4 Å². The van der Waals surface area contributed by atoms with Gasteiger partial charge in [-0.2, -0.15) is 0 Å². The Kier molecular flexibility index (Phi) is 5.33. The SMILES string of the molecule is CC(C)(C)[Si](C)(C)OCc1c(F)c(F)c([B-](F)(F)F)c(F)c1F. The Morgan fingerprint density at radius 2 is 1.26 bits per heavy atom. The molecular formula is C13H17BF7OSi-. The smallest absolute Gasteiger partial charge is 0.445 e. The Morgan fingerprint density at radius 3 is 1.57 bits per heavy atom. The summed E-state index contributed by atoms with van der Waals surface area (Å²) in [7, 11) is -2.52. The molecule has 0 bridgehead atoms. The van der Waals surface area contributed by atoms with Crippen LogP contribution in [0.15, 0.2) is 0 Å². The zero-order valence-electron chi connectivity index (χ0n) is 13.3. The first kappa shape index (κ1) is 20.0. The van der Waals surface area contributed by atoms with Crippen molar-refractivity contribution in [2.45, 2.75) is 45.5 Å². The molecule has 1 nitrogen and oxygen atoms in total. The summed E-state index contributed by atoms with van der Waals surface area (Å²) in [6.07, 6.45) is 0. The fourth-order valence-corrected chi connectivity index (χ4v) is 2.52. The molecule has 10 heteroatoms. The quantitative estimate of drug-likeness (QED) is 0.425. The molecule has 1 aromatic carbocycles. The zero-order valence-corrected chi connectivity index (χ0v) is 14.3. The predicted molar refractivity (Wildman–Crippen MR) is 77.0 cm³/mol. The van der Waals surface area contributed by atoms with Crippen molar-refractivity contribution < 1.29 is 34.9 Å². The van der Waals surface area contributed by atoms with Crippen molar-refractivity contribution in [3.8, 4) is 0 Å². The molecule has 132 valence electrons. The van der Waals surface area contributed by atoms with Crippen molar-refractivity contribution in [3.05, 3.63) is 28.8 Å². The lowest BCUT2D eigenvalue weighted by molar-refractivity contribution is 0.260. The van der Waals surface area contributed by atoms with Gasteiger partial charge in [0, 0.05) is 0 Å². The van der Waals surface area contributed by atoms with E-state index >= 15 is 0 Å². The van der Waals surface area contributed by atoms with Gasteiger partial charge in [-0.25, -0.2) is 17.6 Å². The minimum Gasteiger partial charge on any atom is -0.445 e. The number of hydrogen-bond donors (Lipinski definition) is 0. The summed E-state index contributed by atoms with van der Waals surface area (Å²) in [6, 6.07) is 0. The van der Waals surface area contributed by atoms with E-state index < -0.39 is 56.2 Å². The van der Waals surface area contributed by atoms with Gasteiger partial charge in [-0.1, -0.05) is 20.8 Å². The molecule has 0 aromatic heterocycles. The van der Waals surface area contributed by atoms with E-state index in [9.17, 15) is 30.5 Å². The Balaban J connectivity index is 3.32. The average Bonchev–Trinajstić information content (AvgIpc) is 2.33. The van der Waals surface area contributed by atoms with E-state index in [1.165, 1.54) is 0 Å². The van der Waals surface area contributed by atoms with Gasteiger partial charge in [0.2, 0.25) is 0 Å². The summed E-state index contributed by atoms with van der Waals surface area (Å²) < 4.78 is 97.7. The van der Waals surface area contributed by atoms with Gasteiger partial charge in [0.1, 0.15) is 11.6 Å². The number of halogens is 7. The first-order chi connectivity index (χ1) is 10.1. The van der Waals surface area contributed by atoms with Crippen LogP contribution in [0.2, 0.25) is 18.1 Å². The zero-order chi connectivity index (χ0) is 18.4. The molecule has 0 saturated heterocycles. The molecule has 0 aliphatic rings. The molecule has 23 heavy (non-hydrogen) atoms. The van der Waals surface area contributed by atoms with Gasteiger partial charge in [-0.15, -0.1) is 0 Å². The Hall–Kier alpha value is -1.03. The van der Waals surface area contributed by atoms with Crippen molar-refractivity contribution in [2.75, 3.05) is 0 Å². The highest BCUT2D eigenvalue weighted by molar-refractivity contribution is 6.74. The maximum atomic E-state index is 13.8. The maximum absolute atomic E-state index is 13.8. The van der Waals surface area contributed by atoms with Gasteiger partial charge in [0.25, 0.3) is 0 Å². The molecular weight excluding hydrogens is 344 g/mol. The van der Waals surface area contributed by atoms with E-state index in [1.54, 1.807) is 13.1 Å². The van der Waals surface area contributed by atoms with E-state index in [4.69, 9.17) is 4.43 Å². The number of rotatable bonds is 4. The largest absolute Gasteiger partial charge is 0.515 e. The molecule has 0 fully saturated rings. The second-order valence-corrected chi connectivity index (χ2v) is 11.6. The average molecular weight is 361 g/mol. The van der Waals surface area contributed by atoms with Gasteiger partial charge in [0.05, 0.1) is 12.2 Å². The van der Waals surface area contributed by atoms with Gasteiger partial charge >= 0.3 is 6.98 Å². The third-order valence-corrected chi connectivity index (χ3v) is 8.58. The van der Waals surface area contributed by atoms with Crippen LogP contribution in [-0.2, 0) is 11.0 Å². The molecule has 0 aliphatic carbocycles. The summed E-state index contributed by atoms with van der Waals surface area (Å²) in [6.45, 7) is 1.85. The van der Waals surface area contributed by atoms with E-state index in [1.807, 2.05) is 20.8 Å². The second-order valence-electron chi connectivity index (χ2n) is 6.77. The highest BCUT2D eigenvalue weighted by Gasteiger charge is 2.40. The normalized spacial score (nSPS) is 13.6. The van der Waals surface area contributed by atoms with Crippen molar-refractivity contribution in [1.29, 1.82) is 0 Å². The Morgan fingerprint density at radius 1 is 0.870 bits per heavy atom. The van der Waals surface area contributed by atoms with Crippen LogP contribution in [0.4, 0.5) is 30.5 Å². The molecule has 0 N–H and O–H groups in total. The highest BCUT2D eigenvalue weighted by Crippen LogP contribution is 2.37. The predicted octanol–water partition coefficient (Wildman–Crippen LogP) is 4.82. The van der Waals surface area contributed by atoms with E-state index in [0.717, 1.165) is 0 Å². The summed E-state index contributed by atoms with van der Waals surface area (Å²) >= 11 is 0. The van der Waals surface area contributed by atoms with Crippen molar-refractivity contribution in [2.24, 2.45) is 0 Å². The van der Waals surface area contributed by atoms with Crippen molar-refractivity contribution in [3.63, 3.8) is 0 Å². The molecule has 0 amide bonds. The number of benzene rings is 1. The fourth-order valence-electron chi connectivity index (χ4n) is 1.58. The molecule has 1 rings (SSSR count). The van der Waals surface area contributed by atoms with Crippen LogP contribution >= 0.6 is 0 Å². The van der Waals surface area contributed by atoms with Crippen LogP contribution in [0, 0.1) is 23.3 Å². The molecule has 0 saturated carbocycles. The van der Waals surface area contributed by atoms with E-state index in [-0.39, 0.29) is 5.04 Å². The Bertz CT molecular complexity index is 579. The van der Waals surface area contributed by atoms with Crippen LogP contribution < -0.4 is 5.46 Å². The van der Waals surface area contributed by atoms with E-state index in [2.05, 4.69) is 0 Å². The molecule has 1 aromatic rings. The van der Waals surface area contributed by atoms with Gasteiger partial charge in [-0.05, 0) is 23.6 Å². The molecule has 0 radical (unpaired) electrons. The first-order valence-electron chi connectivity index (χ1n) is 6.80. The molecule has 0 spiro atoms. The summed E-state index contributed by atoms with van der Waals surface area (Å²) in [5.74, 6) is -9.02. The van der Waals surface area contributed by atoms with Gasteiger partial charge in [-0.3, -0.25) is 0 Å². The molecule has 0 heterocycles. The van der Waals surface area contributed by atoms with Crippen LogP contribution in [0.1, 0.15) is 26.3 Å². The first-order valence-corrected chi connectivity index (χ1v) is 9.70. The van der Waals surface area contributed by atoms with Crippen LogP contribution in [0.25, 0.3) is 0 Å². The lowest BCUT2D eigenvalue weighted by Crippen LogP contribution is -2.43. The monoisotopic (exact) mass is 361 g/mol. The summed E-state index contributed by atoms with van der Waals surface area (Å²) in [4.78, 5) is 0. The molecule has 0 aliphatic heterocycles. The summed E-state index contributed by atoms with van der Waals surface area (Å²) in [5.41, 5.74) is -3.69. The second kappa shape index (κ2) is 6.12. The van der Waals surface area contributed by atoms with Gasteiger partial charge in [0.15, 0.2) is 20.0 Å².